The summed E-state index contributed by atoms with van der Waals surface area (Å²) in [4.78, 5) is 37.3. The van der Waals surface area contributed by atoms with E-state index in [0.717, 1.165) is 5.56 Å². The van der Waals surface area contributed by atoms with E-state index in [9.17, 15) is 22.8 Å². The largest absolute Gasteiger partial charge is 0.471 e. The molecule has 0 radical (unpaired) electrons. The molecule has 0 aliphatic carbocycles. The molecule has 1 aromatic carbocycles. The number of carbonyl (C=O) groups excluding carboxylic acids is 2. The number of anilines is 1. The summed E-state index contributed by atoms with van der Waals surface area (Å²) in [5, 5.41) is 4.50. The smallest absolute Gasteiger partial charge is 0.461 e. The molecule has 0 aliphatic rings. The van der Waals surface area contributed by atoms with Crippen LogP contribution in [0, 0.1) is 0 Å². The van der Waals surface area contributed by atoms with E-state index in [-0.39, 0.29) is 19.1 Å². The Morgan fingerprint density at radius 1 is 1.08 bits per heavy atom. The quantitative estimate of drug-likeness (QED) is 0.313. The second-order valence-electron chi connectivity index (χ2n) is 9.15. The number of alkyl halides is 3. The normalized spacial score (nSPS) is 11.8. The third-order valence-electron chi connectivity index (χ3n) is 4.80. The molecule has 3 rings (SSSR count). The highest BCUT2D eigenvalue weighted by atomic mass is 19.4. The van der Waals surface area contributed by atoms with Gasteiger partial charge in [-0.3, -0.25) is 10.5 Å². The van der Waals surface area contributed by atoms with Crippen molar-refractivity contribution in [3.05, 3.63) is 41.2 Å². The van der Waals surface area contributed by atoms with E-state index in [0.29, 0.717) is 47.8 Å². The maximum atomic E-state index is 12.3. The fraction of sp³-hybridized carbons (Fsp3) is 0.435. The minimum atomic E-state index is -4.93. The Morgan fingerprint density at radius 3 is 2.41 bits per heavy atom. The molecular weight excluding hydrogens is 495 g/mol. The van der Waals surface area contributed by atoms with E-state index >= 15 is 0 Å². The van der Waals surface area contributed by atoms with Gasteiger partial charge in [0.1, 0.15) is 18.0 Å². The Balaban J connectivity index is 1.56. The maximum Gasteiger partial charge on any atom is 0.471 e. The fourth-order valence-electron chi connectivity index (χ4n) is 3.15. The van der Waals surface area contributed by atoms with Crippen molar-refractivity contribution in [3.63, 3.8) is 0 Å². The van der Waals surface area contributed by atoms with Crippen molar-refractivity contribution in [1.82, 2.24) is 25.6 Å². The summed E-state index contributed by atoms with van der Waals surface area (Å²) in [6, 6.07) is 6.53. The highest BCUT2D eigenvalue weighted by molar-refractivity contribution is 5.81. The summed E-state index contributed by atoms with van der Waals surface area (Å²) in [6.07, 6.45) is -4.29. The Hall–Kier alpha value is -4.10. The van der Waals surface area contributed by atoms with Gasteiger partial charge in [-0.2, -0.15) is 18.2 Å². The van der Waals surface area contributed by atoms with Crippen LogP contribution in [0.1, 0.15) is 44.1 Å². The second-order valence-corrected chi connectivity index (χ2v) is 9.15. The molecule has 0 saturated carbocycles. The lowest BCUT2D eigenvalue weighted by atomic mass is 10.1. The van der Waals surface area contributed by atoms with Gasteiger partial charge in [-0.25, -0.2) is 9.78 Å². The van der Waals surface area contributed by atoms with E-state index in [1.54, 1.807) is 45.0 Å². The zero-order valence-corrected chi connectivity index (χ0v) is 20.6. The Kier molecular flexibility index (Phi) is 8.40. The highest BCUT2D eigenvalue weighted by Gasteiger charge is 2.38. The lowest BCUT2D eigenvalue weighted by Crippen LogP contribution is -2.36. The van der Waals surface area contributed by atoms with Gasteiger partial charge < -0.3 is 25.1 Å². The zero-order chi connectivity index (χ0) is 27.2. The lowest BCUT2D eigenvalue weighted by molar-refractivity contribution is -0.380. The number of H-pyrrole nitrogens is 2. The number of benzene rings is 1. The standard InChI is InChI=1S/C23H28F3N7O4/c1-22(2,3)37-21(35)28-10-4-5-15-30-16-17(31-15)32-20(27)33-18(16)36-12-14-8-6-13(7-9-14)11-29-19(34)23(24,25)26/h6-9H,4-5,10-12H2,1-3H3,(H,28,35)(H,29,34)(H3,27,30,31,32,33)/p+1. The summed E-state index contributed by atoms with van der Waals surface area (Å²) >= 11 is 0. The summed E-state index contributed by atoms with van der Waals surface area (Å²) in [5.41, 5.74) is 7.37. The van der Waals surface area contributed by atoms with E-state index < -0.39 is 23.8 Å². The van der Waals surface area contributed by atoms with Crippen LogP contribution in [0.5, 0.6) is 5.88 Å². The molecule has 6 N–H and O–H groups in total. The Morgan fingerprint density at radius 2 is 1.76 bits per heavy atom. The maximum absolute atomic E-state index is 12.3. The monoisotopic (exact) mass is 524 g/mol. The number of amides is 2. The first-order valence-corrected chi connectivity index (χ1v) is 11.4. The SMILES string of the molecule is CC(C)(C)OC(=O)NCCCc1nc2nc(N)[nH+]c(OCc3ccc(CNC(=O)C(F)(F)F)cc3)c2[nH]1. The van der Waals surface area contributed by atoms with E-state index in [4.69, 9.17) is 15.2 Å². The number of hydrogen-bond donors (Lipinski definition) is 4. The third-order valence-corrected chi connectivity index (χ3v) is 4.80. The van der Waals surface area contributed by atoms with Crippen LogP contribution in [-0.4, -0.2) is 45.3 Å². The number of nitrogens with zero attached hydrogens (tertiary/aromatic N) is 2. The summed E-state index contributed by atoms with van der Waals surface area (Å²) in [6.45, 7) is 5.63. The summed E-state index contributed by atoms with van der Waals surface area (Å²) < 4.78 is 47.9. The predicted molar refractivity (Wildman–Crippen MR) is 126 cm³/mol. The predicted octanol–water partition coefficient (Wildman–Crippen LogP) is 2.57. The van der Waals surface area contributed by atoms with Crippen LogP contribution in [0.15, 0.2) is 24.3 Å². The molecule has 0 atom stereocenters. The van der Waals surface area contributed by atoms with Gasteiger partial charge in [0.2, 0.25) is 0 Å². The van der Waals surface area contributed by atoms with Crippen molar-refractivity contribution in [2.75, 3.05) is 12.3 Å². The number of hydrogen-bond acceptors (Lipinski definition) is 7. The van der Waals surface area contributed by atoms with Crippen molar-refractivity contribution in [2.24, 2.45) is 0 Å². The average Bonchev–Trinajstić information content (AvgIpc) is 3.20. The van der Waals surface area contributed by atoms with Gasteiger partial charge in [-0.15, -0.1) is 0 Å². The molecule has 14 heteroatoms. The average molecular weight is 525 g/mol. The first-order valence-electron chi connectivity index (χ1n) is 11.4. The number of carbonyl (C=O) groups is 2. The number of aromatic nitrogens is 4. The van der Waals surface area contributed by atoms with Crippen LogP contribution in [-0.2, 0) is 29.1 Å². The van der Waals surface area contributed by atoms with Crippen molar-refractivity contribution in [2.45, 2.75) is 58.5 Å². The number of nitrogens with two attached hydrogens (primary N) is 1. The van der Waals surface area contributed by atoms with Gasteiger partial charge in [0.15, 0.2) is 5.52 Å². The van der Waals surface area contributed by atoms with E-state index in [1.807, 2.05) is 5.32 Å². The molecule has 0 saturated heterocycles. The van der Waals surface area contributed by atoms with Crippen molar-refractivity contribution in [1.29, 1.82) is 0 Å². The van der Waals surface area contributed by atoms with Gasteiger partial charge in [0, 0.05) is 19.5 Å². The van der Waals surface area contributed by atoms with Crippen LogP contribution in [0.25, 0.3) is 11.2 Å². The van der Waals surface area contributed by atoms with Gasteiger partial charge in [0.05, 0.1) is 0 Å². The molecule has 0 aliphatic heterocycles. The molecule has 37 heavy (non-hydrogen) atoms. The number of nitrogens with one attached hydrogen (secondary N) is 4. The number of nitrogen functional groups attached to an aromatic ring is 1. The van der Waals surface area contributed by atoms with Gasteiger partial charge in [-0.05, 0) is 43.3 Å². The van der Waals surface area contributed by atoms with Gasteiger partial charge in [0.25, 0.3) is 11.5 Å². The zero-order valence-electron chi connectivity index (χ0n) is 20.6. The van der Waals surface area contributed by atoms with Crippen LogP contribution in [0.4, 0.5) is 23.9 Å². The van der Waals surface area contributed by atoms with E-state index in [2.05, 4.69) is 25.3 Å². The van der Waals surface area contributed by atoms with Crippen molar-refractivity contribution in [3.8, 4) is 5.88 Å². The number of halogens is 3. The minimum Gasteiger partial charge on any atom is -0.461 e. The first-order chi connectivity index (χ1) is 17.3. The number of fused-ring (bicyclic) bond motifs is 1. The molecule has 2 aromatic heterocycles. The Labute approximate surface area is 210 Å². The number of alkyl carbamates (subject to hydrolysis) is 1. The van der Waals surface area contributed by atoms with Crippen LogP contribution in [0.2, 0.25) is 0 Å². The summed E-state index contributed by atoms with van der Waals surface area (Å²) in [5.74, 6) is -0.951. The van der Waals surface area contributed by atoms with Gasteiger partial charge in [-0.1, -0.05) is 24.3 Å². The van der Waals surface area contributed by atoms with Crippen molar-refractivity contribution >= 4 is 29.1 Å². The molecule has 0 bridgehead atoms. The van der Waals surface area contributed by atoms with Crippen LogP contribution >= 0.6 is 0 Å². The molecule has 2 amide bonds. The minimum absolute atomic E-state index is 0.0999. The number of imidazole rings is 1. The molecule has 2 heterocycles. The summed E-state index contributed by atoms with van der Waals surface area (Å²) in [7, 11) is 0. The van der Waals surface area contributed by atoms with Crippen LogP contribution < -0.4 is 26.1 Å². The number of ether oxygens (including phenoxy) is 2. The second kappa shape index (κ2) is 11.3. The molecule has 0 unspecified atom stereocenters. The molecule has 3 aromatic rings. The van der Waals surface area contributed by atoms with Crippen LogP contribution in [0.3, 0.4) is 0 Å². The lowest BCUT2D eigenvalue weighted by Gasteiger charge is -2.19. The molecule has 0 spiro atoms. The molecule has 200 valence electrons. The third kappa shape index (κ3) is 8.51. The number of aromatic amines is 2. The molecular formula is C23H29F3N7O4+. The first kappa shape index (κ1) is 27.5. The molecule has 11 nitrogen and oxygen atoms in total. The topological polar surface area (TPSA) is 158 Å². The number of aryl methyl sites for hydroxylation is 1. The van der Waals surface area contributed by atoms with Gasteiger partial charge >= 0.3 is 24.1 Å². The van der Waals surface area contributed by atoms with Crippen molar-refractivity contribution < 1.29 is 37.2 Å². The molecule has 0 fully saturated rings. The highest BCUT2D eigenvalue weighted by Crippen LogP contribution is 2.20. The Bertz CT molecular complexity index is 1240. The van der Waals surface area contributed by atoms with E-state index in [1.165, 1.54) is 0 Å². The number of rotatable bonds is 9. The fourth-order valence-corrected chi connectivity index (χ4v) is 3.15.